The van der Waals surface area contributed by atoms with Crippen LogP contribution in [0, 0.1) is 0 Å². The van der Waals surface area contributed by atoms with Crippen LogP contribution in [-0.2, 0) is 4.79 Å². The lowest BCUT2D eigenvalue weighted by molar-refractivity contribution is -0.117. The summed E-state index contributed by atoms with van der Waals surface area (Å²) in [7, 11) is 1.54. The number of ether oxygens (including phenoxy) is 1. The van der Waals surface area contributed by atoms with Crippen LogP contribution >= 0.6 is 22.9 Å². The van der Waals surface area contributed by atoms with E-state index in [1.165, 1.54) is 29.3 Å². The second-order valence-electron chi connectivity index (χ2n) is 8.17. The average molecular weight is 495 g/mol. The fraction of sp³-hybridized carbons (Fsp3) is 0.240. The lowest BCUT2D eigenvalue weighted by atomic mass is 10.2. The molecular weight excluding hydrogens is 472 g/mol. The van der Waals surface area contributed by atoms with Gasteiger partial charge in [0.2, 0.25) is 5.91 Å². The fourth-order valence-electron chi connectivity index (χ4n) is 4.12. The first-order chi connectivity index (χ1) is 16.5. The molecular formula is C25H23ClN4O3S. The molecule has 5 rings (SSSR count). The van der Waals surface area contributed by atoms with Crippen LogP contribution in [0.2, 0.25) is 5.02 Å². The second-order valence-corrected chi connectivity index (χ2v) is 9.66. The van der Waals surface area contributed by atoms with Crippen molar-refractivity contribution in [2.75, 3.05) is 32.1 Å². The van der Waals surface area contributed by atoms with E-state index in [9.17, 15) is 9.59 Å². The Balaban J connectivity index is 1.43. The van der Waals surface area contributed by atoms with Crippen LogP contribution in [0.3, 0.4) is 0 Å². The maximum absolute atomic E-state index is 13.3. The summed E-state index contributed by atoms with van der Waals surface area (Å²) in [6.45, 7) is 2.26. The van der Waals surface area contributed by atoms with E-state index in [1.807, 2.05) is 30.3 Å². The third-order valence-electron chi connectivity index (χ3n) is 5.87. The standard InChI is InChI=1S/C25H23ClN4O3S/c1-33-21-12-18(8-9-19(21)28-23(31)14-29-10-2-3-11-29)30-15-27-20-13-22(34-24(20)25(30)32)16-4-6-17(26)7-5-16/h4-9,12-13,15H,2-3,10-11,14H2,1H3,(H,28,31). The smallest absolute Gasteiger partial charge is 0.275 e. The second kappa shape index (κ2) is 9.58. The number of halogens is 1. The van der Waals surface area contributed by atoms with Crippen LogP contribution in [0.25, 0.3) is 26.3 Å². The van der Waals surface area contributed by atoms with Gasteiger partial charge in [-0.2, -0.15) is 0 Å². The number of nitrogens with one attached hydrogen (secondary N) is 1. The summed E-state index contributed by atoms with van der Waals surface area (Å²) in [5, 5.41) is 3.58. The first kappa shape index (κ1) is 22.6. The number of aromatic nitrogens is 2. The molecule has 1 amide bonds. The summed E-state index contributed by atoms with van der Waals surface area (Å²) >= 11 is 7.39. The quantitative estimate of drug-likeness (QED) is 0.416. The molecule has 1 N–H and O–H groups in total. The summed E-state index contributed by atoms with van der Waals surface area (Å²) < 4.78 is 7.56. The molecule has 174 valence electrons. The number of carbonyl (C=O) groups is 1. The number of fused-ring (bicyclic) bond motifs is 1. The van der Waals surface area contributed by atoms with Gasteiger partial charge in [0.25, 0.3) is 5.56 Å². The third kappa shape index (κ3) is 4.57. The fourth-order valence-corrected chi connectivity index (χ4v) is 5.29. The van der Waals surface area contributed by atoms with Crippen molar-refractivity contribution in [3.8, 4) is 21.9 Å². The Labute approximate surface area is 205 Å². The Morgan fingerprint density at radius 1 is 1.15 bits per heavy atom. The topological polar surface area (TPSA) is 76.5 Å². The molecule has 0 saturated carbocycles. The van der Waals surface area contributed by atoms with Crippen LogP contribution in [0.4, 0.5) is 5.69 Å². The number of anilines is 1. The number of hydrogen-bond acceptors (Lipinski definition) is 6. The highest BCUT2D eigenvalue weighted by atomic mass is 35.5. The number of thiophene rings is 1. The predicted octanol–water partition coefficient (Wildman–Crippen LogP) is 4.81. The van der Waals surface area contributed by atoms with E-state index in [4.69, 9.17) is 16.3 Å². The maximum atomic E-state index is 13.3. The monoisotopic (exact) mass is 494 g/mol. The van der Waals surface area contributed by atoms with Crippen LogP contribution in [0.15, 0.2) is 59.7 Å². The van der Waals surface area contributed by atoms with Gasteiger partial charge in [-0.05, 0) is 61.8 Å². The van der Waals surface area contributed by atoms with E-state index in [2.05, 4.69) is 15.2 Å². The van der Waals surface area contributed by atoms with Crippen LogP contribution < -0.4 is 15.6 Å². The number of nitrogens with zero attached hydrogens (tertiary/aromatic N) is 3. The molecule has 7 nitrogen and oxygen atoms in total. The first-order valence-corrected chi connectivity index (χ1v) is 12.2. The van der Waals surface area contributed by atoms with Gasteiger partial charge in [-0.25, -0.2) is 4.98 Å². The van der Waals surface area contributed by atoms with Crippen LogP contribution in [0.5, 0.6) is 5.75 Å². The number of methoxy groups -OCH3 is 1. The van der Waals surface area contributed by atoms with Gasteiger partial charge in [-0.3, -0.25) is 19.1 Å². The van der Waals surface area contributed by atoms with Gasteiger partial charge in [0.15, 0.2) is 0 Å². The van der Waals surface area contributed by atoms with Crippen molar-refractivity contribution in [3.05, 3.63) is 70.2 Å². The molecule has 2 aromatic carbocycles. The first-order valence-electron chi connectivity index (χ1n) is 11.0. The molecule has 1 aliphatic rings. The Bertz CT molecular complexity index is 1410. The molecule has 0 spiro atoms. The van der Waals surface area contributed by atoms with Crippen molar-refractivity contribution in [2.45, 2.75) is 12.8 Å². The largest absolute Gasteiger partial charge is 0.494 e. The van der Waals surface area contributed by atoms with Crippen molar-refractivity contribution in [2.24, 2.45) is 0 Å². The Kier molecular flexibility index (Phi) is 6.36. The predicted molar refractivity (Wildman–Crippen MR) is 137 cm³/mol. The molecule has 0 bridgehead atoms. The minimum Gasteiger partial charge on any atom is -0.494 e. The average Bonchev–Trinajstić information content (AvgIpc) is 3.50. The lowest BCUT2D eigenvalue weighted by Gasteiger charge is -2.16. The molecule has 1 aliphatic heterocycles. The molecule has 3 heterocycles. The molecule has 1 fully saturated rings. The highest BCUT2D eigenvalue weighted by molar-refractivity contribution is 7.22. The summed E-state index contributed by atoms with van der Waals surface area (Å²) in [6.07, 6.45) is 3.77. The van der Waals surface area contributed by atoms with E-state index < -0.39 is 0 Å². The number of hydrogen-bond donors (Lipinski definition) is 1. The minimum atomic E-state index is -0.164. The van der Waals surface area contributed by atoms with Gasteiger partial charge < -0.3 is 10.1 Å². The van der Waals surface area contributed by atoms with Gasteiger partial charge in [0.1, 0.15) is 16.8 Å². The summed E-state index contributed by atoms with van der Waals surface area (Å²) in [5.41, 5.74) is 2.64. The van der Waals surface area contributed by atoms with E-state index in [-0.39, 0.29) is 11.5 Å². The molecule has 0 atom stereocenters. The van der Waals surface area contributed by atoms with Crippen LogP contribution in [-0.4, -0.2) is 47.1 Å². The van der Waals surface area contributed by atoms with E-state index in [0.29, 0.717) is 38.9 Å². The molecule has 0 unspecified atom stereocenters. The molecule has 9 heteroatoms. The van der Waals surface area contributed by atoms with Crippen molar-refractivity contribution in [1.82, 2.24) is 14.5 Å². The SMILES string of the molecule is COc1cc(-n2cnc3cc(-c4ccc(Cl)cc4)sc3c2=O)ccc1NC(=O)CN1CCCC1. The Morgan fingerprint density at radius 3 is 2.65 bits per heavy atom. The summed E-state index contributed by atoms with van der Waals surface area (Å²) in [5.74, 6) is 0.397. The molecule has 4 aromatic rings. The van der Waals surface area contributed by atoms with Gasteiger partial charge in [-0.1, -0.05) is 23.7 Å². The zero-order valence-electron chi connectivity index (χ0n) is 18.6. The van der Waals surface area contributed by atoms with Crippen molar-refractivity contribution >= 4 is 44.7 Å². The zero-order chi connectivity index (χ0) is 23.7. The number of likely N-dealkylation sites (tertiary alicyclic amines) is 1. The third-order valence-corrected chi connectivity index (χ3v) is 7.28. The molecule has 1 saturated heterocycles. The summed E-state index contributed by atoms with van der Waals surface area (Å²) in [6, 6.07) is 14.7. The van der Waals surface area contributed by atoms with Gasteiger partial charge >= 0.3 is 0 Å². The molecule has 34 heavy (non-hydrogen) atoms. The number of amides is 1. The van der Waals surface area contributed by atoms with E-state index in [0.717, 1.165) is 36.4 Å². The normalized spacial score (nSPS) is 13.9. The Hall–Kier alpha value is -3.20. The van der Waals surface area contributed by atoms with Crippen molar-refractivity contribution in [3.63, 3.8) is 0 Å². The van der Waals surface area contributed by atoms with Gasteiger partial charge in [-0.15, -0.1) is 11.3 Å². The maximum Gasteiger partial charge on any atom is 0.275 e. The van der Waals surface area contributed by atoms with Crippen LogP contribution in [0.1, 0.15) is 12.8 Å². The highest BCUT2D eigenvalue weighted by Gasteiger charge is 2.17. The lowest BCUT2D eigenvalue weighted by Crippen LogP contribution is -2.31. The Morgan fingerprint density at radius 2 is 1.91 bits per heavy atom. The highest BCUT2D eigenvalue weighted by Crippen LogP contribution is 2.32. The number of benzene rings is 2. The van der Waals surface area contributed by atoms with E-state index >= 15 is 0 Å². The molecule has 2 aromatic heterocycles. The van der Waals surface area contributed by atoms with Gasteiger partial charge in [0.05, 0.1) is 30.5 Å². The number of carbonyl (C=O) groups excluding carboxylic acids is 1. The molecule has 0 aliphatic carbocycles. The van der Waals surface area contributed by atoms with Crippen molar-refractivity contribution in [1.29, 1.82) is 0 Å². The summed E-state index contributed by atoms with van der Waals surface area (Å²) in [4.78, 5) is 33.3. The van der Waals surface area contributed by atoms with E-state index in [1.54, 1.807) is 18.2 Å². The number of rotatable bonds is 6. The molecule has 0 radical (unpaired) electrons. The van der Waals surface area contributed by atoms with Gasteiger partial charge in [0, 0.05) is 16.0 Å². The zero-order valence-corrected chi connectivity index (χ0v) is 20.2. The minimum absolute atomic E-state index is 0.0819. The van der Waals surface area contributed by atoms with Crippen molar-refractivity contribution < 1.29 is 9.53 Å².